The van der Waals surface area contributed by atoms with Gasteiger partial charge in [0.1, 0.15) is 5.75 Å². The van der Waals surface area contributed by atoms with E-state index in [0.717, 1.165) is 18.5 Å². The molecule has 1 aromatic rings. The van der Waals surface area contributed by atoms with Gasteiger partial charge in [-0.15, -0.1) is 13.2 Å². The Balaban J connectivity index is 2.62. The lowest BCUT2D eigenvalue weighted by Gasteiger charge is -2.16. The quantitative estimate of drug-likeness (QED) is 0.842. The van der Waals surface area contributed by atoms with Crippen LogP contribution in [0.5, 0.6) is 5.75 Å². The lowest BCUT2D eigenvalue weighted by Crippen LogP contribution is -2.18. The summed E-state index contributed by atoms with van der Waals surface area (Å²) in [5.41, 5.74) is 0.799. The highest BCUT2D eigenvalue weighted by Crippen LogP contribution is 2.24. The van der Waals surface area contributed by atoms with E-state index in [4.69, 9.17) is 0 Å². The molecule has 96 valence electrons. The van der Waals surface area contributed by atoms with E-state index >= 15 is 0 Å². The van der Waals surface area contributed by atoms with Crippen LogP contribution in [-0.2, 0) is 0 Å². The van der Waals surface area contributed by atoms with Gasteiger partial charge in [-0.05, 0) is 37.1 Å². The Kier molecular flexibility index (Phi) is 4.66. The molecule has 0 radical (unpaired) electrons. The highest BCUT2D eigenvalue weighted by molar-refractivity contribution is 5.47. The van der Waals surface area contributed by atoms with Crippen molar-refractivity contribution in [2.24, 2.45) is 0 Å². The summed E-state index contributed by atoms with van der Waals surface area (Å²) in [6.45, 7) is 4.12. The third kappa shape index (κ3) is 4.97. The van der Waals surface area contributed by atoms with Crippen LogP contribution in [0, 0.1) is 0 Å². The number of halogens is 3. The average molecular weight is 247 g/mol. The van der Waals surface area contributed by atoms with Crippen LogP contribution in [0.1, 0.15) is 26.7 Å². The van der Waals surface area contributed by atoms with Crippen LogP contribution in [0.2, 0.25) is 0 Å². The van der Waals surface area contributed by atoms with Crippen molar-refractivity contribution < 1.29 is 17.9 Å². The fourth-order valence-electron chi connectivity index (χ4n) is 1.48. The Morgan fingerprint density at radius 1 is 1.12 bits per heavy atom. The molecular formula is C12H16F3NO. The van der Waals surface area contributed by atoms with Gasteiger partial charge in [0.2, 0.25) is 0 Å². The SMILES string of the molecule is CCC(CC)Nc1ccc(OC(F)(F)F)cc1. The van der Waals surface area contributed by atoms with Crippen LogP contribution < -0.4 is 10.1 Å². The first-order valence-corrected chi connectivity index (χ1v) is 5.57. The van der Waals surface area contributed by atoms with E-state index in [-0.39, 0.29) is 5.75 Å². The number of alkyl halides is 3. The molecule has 0 aromatic heterocycles. The van der Waals surface area contributed by atoms with E-state index in [1.807, 2.05) is 0 Å². The van der Waals surface area contributed by atoms with Gasteiger partial charge in [-0.3, -0.25) is 0 Å². The van der Waals surface area contributed by atoms with Crippen molar-refractivity contribution in [3.05, 3.63) is 24.3 Å². The predicted octanol–water partition coefficient (Wildman–Crippen LogP) is 4.19. The molecule has 0 spiro atoms. The van der Waals surface area contributed by atoms with Crippen LogP contribution in [-0.4, -0.2) is 12.4 Å². The second-order valence-corrected chi connectivity index (χ2v) is 3.73. The first-order chi connectivity index (χ1) is 7.94. The smallest absolute Gasteiger partial charge is 0.406 e. The maximum Gasteiger partial charge on any atom is 0.573 e. The Morgan fingerprint density at radius 3 is 2.06 bits per heavy atom. The van der Waals surface area contributed by atoms with Gasteiger partial charge in [-0.1, -0.05) is 13.8 Å². The molecule has 17 heavy (non-hydrogen) atoms. The molecule has 0 heterocycles. The van der Waals surface area contributed by atoms with Gasteiger partial charge in [0, 0.05) is 11.7 Å². The van der Waals surface area contributed by atoms with Crippen LogP contribution in [0.3, 0.4) is 0 Å². The molecule has 5 heteroatoms. The maximum absolute atomic E-state index is 11.9. The molecule has 2 nitrogen and oxygen atoms in total. The van der Waals surface area contributed by atoms with Crippen LogP contribution >= 0.6 is 0 Å². The number of nitrogens with one attached hydrogen (secondary N) is 1. The van der Waals surface area contributed by atoms with Gasteiger partial charge in [0.15, 0.2) is 0 Å². The van der Waals surface area contributed by atoms with Crippen LogP contribution in [0.25, 0.3) is 0 Å². The molecule has 1 rings (SSSR count). The van der Waals surface area contributed by atoms with Gasteiger partial charge in [-0.25, -0.2) is 0 Å². The maximum atomic E-state index is 11.9. The number of ether oxygens (including phenoxy) is 1. The summed E-state index contributed by atoms with van der Waals surface area (Å²) in [4.78, 5) is 0. The Bertz CT molecular complexity index is 331. The van der Waals surface area contributed by atoms with E-state index in [0.29, 0.717) is 6.04 Å². The highest BCUT2D eigenvalue weighted by Gasteiger charge is 2.30. The number of benzene rings is 1. The lowest BCUT2D eigenvalue weighted by molar-refractivity contribution is -0.274. The van der Waals surface area contributed by atoms with Crippen molar-refractivity contribution in [3.8, 4) is 5.75 Å². The van der Waals surface area contributed by atoms with E-state index in [1.165, 1.54) is 12.1 Å². The molecule has 0 bridgehead atoms. The number of rotatable bonds is 5. The van der Waals surface area contributed by atoms with E-state index in [9.17, 15) is 13.2 Å². The van der Waals surface area contributed by atoms with Crippen molar-refractivity contribution in [2.75, 3.05) is 5.32 Å². The second kappa shape index (κ2) is 5.80. The second-order valence-electron chi connectivity index (χ2n) is 3.73. The zero-order valence-corrected chi connectivity index (χ0v) is 9.84. The molecule has 0 fully saturated rings. The van der Waals surface area contributed by atoms with Crippen molar-refractivity contribution in [3.63, 3.8) is 0 Å². The fraction of sp³-hybridized carbons (Fsp3) is 0.500. The average Bonchev–Trinajstić information content (AvgIpc) is 2.26. The van der Waals surface area contributed by atoms with Gasteiger partial charge >= 0.3 is 6.36 Å². The predicted molar refractivity (Wildman–Crippen MR) is 61.1 cm³/mol. The summed E-state index contributed by atoms with van der Waals surface area (Å²) in [7, 11) is 0. The zero-order chi connectivity index (χ0) is 12.9. The summed E-state index contributed by atoms with van der Waals surface area (Å²) in [5, 5.41) is 3.23. The standard InChI is InChI=1S/C12H16F3NO/c1-3-9(4-2)16-10-5-7-11(8-6-10)17-12(13,14)15/h5-9,16H,3-4H2,1-2H3. The molecule has 0 saturated heterocycles. The summed E-state index contributed by atoms with van der Waals surface area (Å²) in [6.07, 6.45) is -2.70. The first-order valence-electron chi connectivity index (χ1n) is 5.57. The van der Waals surface area contributed by atoms with Crippen LogP contribution in [0.15, 0.2) is 24.3 Å². The minimum Gasteiger partial charge on any atom is -0.406 e. The first kappa shape index (κ1) is 13.7. The molecule has 1 aromatic carbocycles. The third-order valence-electron chi connectivity index (χ3n) is 2.44. The topological polar surface area (TPSA) is 21.3 Å². The number of hydrogen-bond donors (Lipinski definition) is 1. The van der Waals surface area contributed by atoms with Gasteiger partial charge < -0.3 is 10.1 Å². The minimum absolute atomic E-state index is 0.201. The molecule has 1 N–H and O–H groups in total. The monoisotopic (exact) mass is 247 g/mol. The third-order valence-corrected chi connectivity index (χ3v) is 2.44. The van der Waals surface area contributed by atoms with Crippen molar-refractivity contribution in [2.45, 2.75) is 39.1 Å². The van der Waals surface area contributed by atoms with E-state index < -0.39 is 6.36 Å². The Morgan fingerprint density at radius 2 is 1.65 bits per heavy atom. The number of hydrogen-bond acceptors (Lipinski definition) is 2. The van der Waals surface area contributed by atoms with E-state index in [1.54, 1.807) is 12.1 Å². The largest absolute Gasteiger partial charge is 0.573 e. The van der Waals surface area contributed by atoms with E-state index in [2.05, 4.69) is 23.9 Å². The summed E-state index contributed by atoms with van der Waals surface area (Å²) in [6, 6.07) is 6.11. The summed E-state index contributed by atoms with van der Waals surface area (Å²) >= 11 is 0. The highest BCUT2D eigenvalue weighted by atomic mass is 19.4. The number of anilines is 1. The Labute approximate surface area is 98.8 Å². The molecule has 0 aliphatic carbocycles. The van der Waals surface area contributed by atoms with Crippen molar-refractivity contribution in [1.29, 1.82) is 0 Å². The molecule has 0 unspecified atom stereocenters. The van der Waals surface area contributed by atoms with Crippen molar-refractivity contribution in [1.82, 2.24) is 0 Å². The van der Waals surface area contributed by atoms with Gasteiger partial charge in [-0.2, -0.15) is 0 Å². The molecule has 0 amide bonds. The van der Waals surface area contributed by atoms with Gasteiger partial charge in [0.25, 0.3) is 0 Å². The summed E-state index contributed by atoms with van der Waals surface area (Å²) in [5.74, 6) is -0.201. The molecule has 0 aliphatic heterocycles. The van der Waals surface area contributed by atoms with Crippen LogP contribution in [0.4, 0.5) is 18.9 Å². The van der Waals surface area contributed by atoms with Gasteiger partial charge in [0.05, 0.1) is 0 Å². The normalized spacial score (nSPS) is 11.6. The molecule has 0 saturated carbocycles. The minimum atomic E-state index is -4.63. The summed E-state index contributed by atoms with van der Waals surface area (Å²) < 4.78 is 39.6. The molecule has 0 atom stereocenters. The van der Waals surface area contributed by atoms with Crippen molar-refractivity contribution >= 4 is 5.69 Å². The Hall–Kier alpha value is -1.39. The molecular weight excluding hydrogens is 231 g/mol. The molecule has 0 aliphatic rings. The fourth-order valence-corrected chi connectivity index (χ4v) is 1.48. The zero-order valence-electron chi connectivity index (χ0n) is 9.84. The lowest BCUT2D eigenvalue weighted by atomic mass is 10.1.